The second-order valence-corrected chi connectivity index (χ2v) is 7.24. The molecule has 5 nitrogen and oxygen atoms in total. The molecular formula is C24H23NO4. The van der Waals surface area contributed by atoms with Crippen molar-refractivity contribution in [3.63, 3.8) is 0 Å². The molecule has 0 radical (unpaired) electrons. The summed E-state index contributed by atoms with van der Waals surface area (Å²) in [5.74, 6) is 0.619. The molecule has 4 rings (SSSR count). The highest BCUT2D eigenvalue weighted by Gasteiger charge is 2.20. The second-order valence-electron chi connectivity index (χ2n) is 7.24. The summed E-state index contributed by atoms with van der Waals surface area (Å²) in [7, 11) is 1.65. The van der Waals surface area contributed by atoms with Crippen LogP contribution in [-0.4, -0.2) is 30.4 Å². The van der Waals surface area contributed by atoms with Gasteiger partial charge in [-0.2, -0.15) is 0 Å². The van der Waals surface area contributed by atoms with Gasteiger partial charge in [-0.1, -0.05) is 30.3 Å². The zero-order chi connectivity index (χ0) is 20.2. The fourth-order valence-electron chi connectivity index (χ4n) is 3.61. The van der Waals surface area contributed by atoms with Crippen molar-refractivity contribution in [3.8, 4) is 5.75 Å². The van der Waals surface area contributed by atoms with Crippen molar-refractivity contribution in [1.29, 1.82) is 0 Å². The number of carbonyl (C=O) groups is 2. The molecule has 0 atom stereocenters. The fourth-order valence-corrected chi connectivity index (χ4v) is 3.61. The first-order chi connectivity index (χ1) is 14.1. The predicted octanol–water partition coefficient (Wildman–Crippen LogP) is 4.33. The molecule has 0 aromatic heterocycles. The molecule has 0 bridgehead atoms. The van der Waals surface area contributed by atoms with E-state index in [1.54, 1.807) is 19.2 Å². The minimum absolute atomic E-state index is 0.173. The van der Waals surface area contributed by atoms with Gasteiger partial charge in [-0.25, -0.2) is 4.79 Å². The SMILES string of the molecule is COc1ccc2cc(COC(=O)c3cccc(CN4CCCC4=O)c3)ccc2c1. The maximum absolute atomic E-state index is 12.5. The summed E-state index contributed by atoms with van der Waals surface area (Å²) >= 11 is 0. The lowest BCUT2D eigenvalue weighted by Gasteiger charge is -2.15. The molecule has 3 aromatic carbocycles. The van der Waals surface area contributed by atoms with Gasteiger partial charge in [0, 0.05) is 19.5 Å². The predicted molar refractivity (Wildman–Crippen MR) is 111 cm³/mol. The Balaban J connectivity index is 1.41. The molecule has 1 aliphatic rings. The Morgan fingerprint density at radius 3 is 2.62 bits per heavy atom. The van der Waals surface area contributed by atoms with Gasteiger partial charge >= 0.3 is 5.97 Å². The molecule has 1 aliphatic heterocycles. The van der Waals surface area contributed by atoms with Crippen LogP contribution in [0.3, 0.4) is 0 Å². The molecule has 1 fully saturated rings. The topological polar surface area (TPSA) is 55.8 Å². The van der Waals surface area contributed by atoms with Crippen molar-refractivity contribution in [1.82, 2.24) is 4.90 Å². The van der Waals surface area contributed by atoms with Crippen LogP contribution >= 0.6 is 0 Å². The van der Waals surface area contributed by atoms with Crippen LogP contribution in [0.5, 0.6) is 5.75 Å². The van der Waals surface area contributed by atoms with Crippen LogP contribution in [0, 0.1) is 0 Å². The van der Waals surface area contributed by atoms with Crippen molar-refractivity contribution in [2.45, 2.75) is 26.0 Å². The summed E-state index contributed by atoms with van der Waals surface area (Å²) < 4.78 is 10.8. The van der Waals surface area contributed by atoms with E-state index in [0.29, 0.717) is 18.5 Å². The number of amides is 1. The van der Waals surface area contributed by atoms with E-state index in [4.69, 9.17) is 9.47 Å². The van der Waals surface area contributed by atoms with Crippen LogP contribution in [0.15, 0.2) is 60.7 Å². The van der Waals surface area contributed by atoms with E-state index < -0.39 is 0 Å². The number of rotatable bonds is 6. The van der Waals surface area contributed by atoms with Crippen molar-refractivity contribution >= 4 is 22.6 Å². The average molecular weight is 389 g/mol. The second kappa shape index (κ2) is 8.35. The largest absolute Gasteiger partial charge is 0.497 e. The summed E-state index contributed by atoms with van der Waals surface area (Å²) in [6.07, 6.45) is 1.51. The number of likely N-dealkylation sites (tertiary alicyclic amines) is 1. The number of ether oxygens (including phenoxy) is 2. The molecule has 5 heteroatoms. The minimum atomic E-state index is -0.366. The van der Waals surface area contributed by atoms with Crippen molar-refractivity contribution in [2.24, 2.45) is 0 Å². The molecule has 0 aliphatic carbocycles. The van der Waals surface area contributed by atoms with E-state index in [9.17, 15) is 9.59 Å². The zero-order valence-electron chi connectivity index (χ0n) is 16.4. The number of benzene rings is 3. The van der Waals surface area contributed by atoms with Crippen LogP contribution in [0.25, 0.3) is 10.8 Å². The molecule has 148 valence electrons. The first-order valence-corrected chi connectivity index (χ1v) is 9.73. The molecule has 1 heterocycles. The van der Waals surface area contributed by atoms with E-state index in [2.05, 4.69) is 0 Å². The summed E-state index contributed by atoms with van der Waals surface area (Å²) in [4.78, 5) is 26.1. The number of fused-ring (bicyclic) bond motifs is 1. The molecule has 0 saturated carbocycles. The van der Waals surface area contributed by atoms with Crippen LogP contribution < -0.4 is 4.74 Å². The molecule has 29 heavy (non-hydrogen) atoms. The highest BCUT2D eigenvalue weighted by Crippen LogP contribution is 2.22. The quantitative estimate of drug-likeness (QED) is 0.589. The highest BCUT2D eigenvalue weighted by atomic mass is 16.5. The number of hydrogen-bond acceptors (Lipinski definition) is 4. The Labute approximate surface area is 169 Å². The summed E-state index contributed by atoms with van der Waals surface area (Å²) in [5, 5.41) is 2.14. The lowest BCUT2D eigenvalue weighted by molar-refractivity contribution is -0.128. The van der Waals surface area contributed by atoms with Crippen LogP contribution in [0.1, 0.15) is 34.3 Å². The van der Waals surface area contributed by atoms with E-state index in [1.807, 2.05) is 53.4 Å². The summed E-state index contributed by atoms with van der Waals surface area (Å²) in [6.45, 7) is 1.52. The Morgan fingerprint density at radius 2 is 1.83 bits per heavy atom. The van der Waals surface area contributed by atoms with Gasteiger partial charge in [-0.15, -0.1) is 0 Å². The average Bonchev–Trinajstić information content (AvgIpc) is 3.16. The molecule has 0 N–H and O–H groups in total. The third-order valence-corrected chi connectivity index (χ3v) is 5.19. The number of esters is 1. The van der Waals surface area contributed by atoms with Gasteiger partial charge in [-0.05, 0) is 58.7 Å². The fraction of sp³-hybridized carbons (Fsp3) is 0.250. The monoisotopic (exact) mass is 389 g/mol. The minimum Gasteiger partial charge on any atom is -0.497 e. The molecular weight excluding hydrogens is 366 g/mol. The van der Waals surface area contributed by atoms with Gasteiger partial charge in [0.1, 0.15) is 12.4 Å². The van der Waals surface area contributed by atoms with Gasteiger partial charge in [0.2, 0.25) is 5.91 Å². The van der Waals surface area contributed by atoms with Crippen molar-refractivity contribution in [3.05, 3.63) is 77.4 Å². The third-order valence-electron chi connectivity index (χ3n) is 5.19. The zero-order valence-corrected chi connectivity index (χ0v) is 16.4. The molecule has 0 spiro atoms. The van der Waals surface area contributed by atoms with E-state index in [-0.39, 0.29) is 18.5 Å². The van der Waals surface area contributed by atoms with E-state index in [1.165, 1.54) is 0 Å². The number of hydrogen-bond donors (Lipinski definition) is 0. The molecule has 0 unspecified atom stereocenters. The standard InChI is InChI=1S/C24H23NO4/c1-28-22-10-9-19-13-18(7-8-20(19)14-22)16-29-24(27)21-5-2-4-17(12-21)15-25-11-3-6-23(25)26/h2,4-5,7-10,12-14H,3,6,11,15-16H2,1H3. The smallest absolute Gasteiger partial charge is 0.338 e. The van der Waals surface area contributed by atoms with Crippen molar-refractivity contribution in [2.75, 3.05) is 13.7 Å². The van der Waals surface area contributed by atoms with Crippen LogP contribution in [0.2, 0.25) is 0 Å². The van der Waals surface area contributed by atoms with Crippen LogP contribution in [-0.2, 0) is 22.7 Å². The third kappa shape index (κ3) is 4.40. The summed E-state index contributed by atoms with van der Waals surface area (Å²) in [6, 6.07) is 19.1. The Bertz CT molecular complexity index is 1060. The maximum Gasteiger partial charge on any atom is 0.338 e. The molecule has 1 amide bonds. The number of nitrogens with zero attached hydrogens (tertiary/aromatic N) is 1. The van der Waals surface area contributed by atoms with Gasteiger partial charge in [-0.3, -0.25) is 4.79 Å². The highest BCUT2D eigenvalue weighted by molar-refractivity contribution is 5.90. The normalized spacial score (nSPS) is 13.7. The van der Waals surface area contributed by atoms with Gasteiger partial charge in [0.25, 0.3) is 0 Å². The molecule has 3 aromatic rings. The lowest BCUT2D eigenvalue weighted by Crippen LogP contribution is -2.23. The molecule has 1 saturated heterocycles. The Morgan fingerprint density at radius 1 is 1.00 bits per heavy atom. The lowest BCUT2D eigenvalue weighted by atomic mass is 10.1. The first-order valence-electron chi connectivity index (χ1n) is 9.73. The maximum atomic E-state index is 12.5. The number of methoxy groups -OCH3 is 1. The van der Waals surface area contributed by atoms with Crippen molar-refractivity contribution < 1.29 is 19.1 Å². The first kappa shape index (κ1) is 19.0. The number of carbonyl (C=O) groups excluding carboxylic acids is 2. The van der Waals surface area contributed by atoms with E-state index in [0.717, 1.165) is 40.6 Å². The van der Waals surface area contributed by atoms with Gasteiger partial charge in [0.15, 0.2) is 0 Å². The summed E-state index contributed by atoms with van der Waals surface area (Å²) in [5.41, 5.74) is 2.36. The Hall–Kier alpha value is -3.34. The van der Waals surface area contributed by atoms with Crippen LogP contribution in [0.4, 0.5) is 0 Å². The van der Waals surface area contributed by atoms with E-state index >= 15 is 0 Å². The van der Waals surface area contributed by atoms with Gasteiger partial charge < -0.3 is 14.4 Å². The van der Waals surface area contributed by atoms with Gasteiger partial charge in [0.05, 0.1) is 12.7 Å². The Kier molecular flexibility index (Phi) is 5.47.